The number of hydrogen-bond donors (Lipinski definition) is 2. The lowest BCUT2D eigenvalue weighted by Gasteiger charge is -2.41. The standard InChI is InChI=1S/C21H25ClFN5O2/c1-12-10-27(21(30)17(24)9-13-2-4-15(22)16(23)8-13)6-7-28(12)20-14-3-5-18(29)19(14)25-11-26-20/h2,4,8,11-12,17-18,29H,3,5-7,9-10,24H2,1H3/t12-,17+,18+/m0/s1. The second kappa shape index (κ2) is 8.45. The zero-order valence-electron chi connectivity index (χ0n) is 16.8. The molecule has 0 radical (unpaired) electrons. The molecule has 2 aromatic rings. The number of carbonyl (C=O) groups is 1. The first kappa shape index (κ1) is 21.0. The van der Waals surface area contributed by atoms with E-state index in [4.69, 9.17) is 17.3 Å². The fourth-order valence-corrected chi connectivity index (χ4v) is 4.44. The van der Waals surface area contributed by atoms with Crippen molar-refractivity contribution < 1.29 is 14.3 Å². The fourth-order valence-electron chi connectivity index (χ4n) is 4.32. The number of aliphatic hydroxyl groups excluding tert-OH is 1. The van der Waals surface area contributed by atoms with Crippen molar-refractivity contribution in [3.8, 4) is 0 Å². The van der Waals surface area contributed by atoms with E-state index < -0.39 is 18.0 Å². The molecule has 2 aliphatic rings. The van der Waals surface area contributed by atoms with E-state index in [9.17, 15) is 14.3 Å². The lowest BCUT2D eigenvalue weighted by Crippen LogP contribution is -2.57. The van der Waals surface area contributed by atoms with Gasteiger partial charge in [-0.05, 0) is 43.9 Å². The van der Waals surface area contributed by atoms with Gasteiger partial charge in [-0.25, -0.2) is 14.4 Å². The molecule has 30 heavy (non-hydrogen) atoms. The molecule has 7 nitrogen and oxygen atoms in total. The second-order valence-corrected chi connectivity index (χ2v) is 8.41. The van der Waals surface area contributed by atoms with Gasteiger partial charge in [-0.1, -0.05) is 17.7 Å². The largest absolute Gasteiger partial charge is 0.387 e. The quantitative estimate of drug-likeness (QED) is 0.764. The molecule has 1 saturated heterocycles. The van der Waals surface area contributed by atoms with Gasteiger partial charge in [0.2, 0.25) is 5.91 Å². The molecule has 1 amide bonds. The summed E-state index contributed by atoms with van der Waals surface area (Å²) in [5, 5.41) is 10.1. The number of amides is 1. The lowest BCUT2D eigenvalue weighted by atomic mass is 10.0. The van der Waals surface area contributed by atoms with Crippen LogP contribution in [0.25, 0.3) is 0 Å². The van der Waals surface area contributed by atoms with E-state index in [1.165, 1.54) is 18.5 Å². The second-order valence-electron chi connectivity index (χ2n) is 8.00. The van der Waals surface area contributed by atoms with Crippen LogP contribution in [0.1, 0.15) is 36.3 Å². The molecule has 0 bridgehead atoms. The van der Waals surface area contributed by atoms with Gasteiger partial charge in [-0.15, -0.1) is 0 Å². The van der Waals surface area contributed by atoms with E-state index in [2.05, 4.69) is 14.9 Å². The van der Waals surface area contributed by atoms with Crippen LogP contribution < -0.4 is 10.6 Å². The van der Waals surface area contributed by atoms with Crippen molar-refractivity contribution in [3.63, 3.8) is 0 Å². The minimum atomic E-state index is -0.747. The number of rotatable bonds is 4. The first-order valence-corrected chi connectivity index (χ1v) is 10.5. The lowest BCUT2D eigenvalue weighted by molar-refractivity contribution is -0.133. The number of nitrogens with two attached hydrogens (primary N) is 1. The van der Waals surface area contributed by atoms with E-state index in [-0.39, 0.29) is 23.4 Å². The molecule has 1 aliphatic carbocycles. The van der Waals surface area contributed by atoms with Crippen LogP contribution in [0.3, 0.4) is 0 Å². The summed E-state index contributed by atoms with van der Waals surface area (Å²) in [4.78, 5) is 25.5. The zero-order valence-corrected chi connectivity index (χ0v) is 17.5. The van der Waals surface area contributed by atoms with Crippen molar-refractivity contribution >= 4 is 23.3 Å². The Labute approximate surface area is 179 Å². The van der Waals surface area contributed by atoms with Crippen molar-refractivity contribution in [2.24, 2.45) is 5.73 Å². The summed E-state index contributed by atoms with van der Waals surface area (Å²) >= 11 is 5.72. The molecule has 9 heteroatoms. The highest BCUT2D eigenvalue weighted by Gasteiger charge is 2.33. The number of halogens is 2. The Morgan fingerprint density at radius 2 is 2.20 bits per heavy atom. The fraction of sp³-hybridized carbons (Fsp3) is 0.476. The normalized spacial score (nSPS) is 22.2. The average molecular weight is 434 g/mol. The van der Waals surface area contributed by atoms with Gasteiger partial charge in [-0.2, -0.15) is 0 Å². The van der Waals surface area contributed by atoms with Gasteiger partial charge in [0, 0.05) is 31.2 Å². The summed E-state index contributed by atoms with van der Waals surface area (Å²) in [6.45, 7) is 3.70. The summed E-state index contributed by atoms with van der Waals surface area (Å²) < 4.78 is 13.7. The topological polar surface area (TPSA) is 95.6 Å². The third kappa shape index (κ3) is 3.99. The zero-order chi connectivity index (χ0) is 21.4. The minimum Gasteiger partial charge on any atom is -0.387 e. The van der Waals surface area contributed by atoms with Crippen LogP contribution in [0.5, 0.6) is 0 Å². The number of carbonyl (C=O) groups excluding carboxylic acids is 1. The van der Waals surface area contributed by atoms with Crippen molar-refractivity contribution in [3.05, 3.63) is 52.2 Å². The van der Waals surface area contributed by atoms with Crippen molar-refractivity contribution in [1.82, 2.24) is 14.9 Å². The van der Waals surface area contributed by atoms with Crippen molar-refractivity contribution in [2.45, 2.75) is 44.4 Å². The Morgan fingerprint density at radius 1 is 1.40 bits per heavy atom. The number of aromatic nitrogens is 2. The van der Waals surface area contributed by atoms with Gasteiger partial charge in [0.05, 0.1) is 22.9 Å². The molecule has 1 aromatic heterocycles. The van der Waals surface area contributed by atoms with Gasteiger partial charge in [0.25, 0.3) is 0 Å². The van der Waals surface area contributed by atoms with Crippen LogP contribution in [0.2, 0.25) is 5.02 Å². The van der Waals surface area contributed by atoms with E-state index in [0.717, 1.165) is 17.8 Å². The molecule has 3 atom stereocenters. The first-order chi connectivity index (χ1) is 14.3. The van der Waals surface area contributed by atoms with Gasteiger partial charge in [-0.3, -0.25) is 4.79 Å². The number of fused-ring (bicyclic) bond motifs is 1. The average Bonchev–Trinajstić information content (AvgIpc) is 3.11. The Bertz CT molecular complexity index is 959. The van der Waals surface area contributed by atoms with E-state index in [1.807, 2.05) is 6.92 Å². The monoisotopic (exact) mass is 433 g/mol. The molecule has 4 rings (SSSR count). The van der Waals surface area contributed by atoms with Crippen LogP contribution in [-0.2, 0) is 17.6 Å². The molecule has 0 saturated carbocycles. The number of aliphatic hydroxyl groups is 1. The number of nitrogens with zero attached hydrogens (tertiary/aromatic N) is 4. The molecule has 1 aromatic carbocycles. The summed E-state index contributed by atoms with van der Waals surface area (Å²) in [6.07, 6.45) is 2.62. The Hall–Kier alpha value is -2.29. The van der Waals surface area contributed by atoms with E-state index >= 15 is 0 Å². The Morgan fingerprint density at radius 3 is 2.93 bits per heavy atom. The molecule has 160 valence electrons. The summed E-state index contributed by atoms with van der Waals surface area (Å²) in [7, 11) is 0. The molecule has 0 spiro atoms. The summed E-state index contributed by atoms with van der Waals surface area (Å²) in [5.74, 6) is 0.177. The maximum Gasteiger partial charge on any atom is 0.239 e. The van der Waals surface area contributed by atoms with E-state index in [1.54, 1.807) is 11.0 Å². The SMILES string of the molecule is C[C@H]1CN(C(=O)[C@H](N)Cc2ccc(Cl)c(F)c2)CCN1c1ncnc2c1CC[C@H]2O. The number of anilines is 1. The molecule has 2 heterocycles. The van der Waals surface area contributed by atoms with Gasteiger partial charge < -0.3 is 20.6 Å². The molecular weight excluding hydrogens is 409 g/mol. The maximum atomic E-state index is 13.7. The van der Waals surface area contributed by atoms with Crippen LogP contribution in [0, 0.1) is 5.82 Å². The van der Waals surface area contributed by atoms with Crippen molar-refractivity contribution in [2.75, 3.05) is 24.5 Å². The summed E-state index contributed by atoms with van der Waals surface area (Å²) in [6, 6.07) is 3.77. The highest BCUT2D eigenvalue weighted by molar-refractivity contribution is 6.30. The molecule has 3 N–H and O–H groups in total. The van der Waals surface area contributed by atoms with Crippen LogP contribution >= 0.6 is 11.6 Å². The smallest absolute Gasteiger partial charge is 0.239 e. The Kier molecular flexibility index (Phi) is 5.90. The first-order valence-electron chi connectivity index (χ1n) is 10.1. The predicted molar refractivity (Wildman–Crippen MR) is 112 cm³/mol. The number of hydrogen-bond acceptors (Lipinski definition) is 6. The maximum absolute atomic E-state index is 13.7. The highest BCUT2D eigenvalue weighted by Crippen LogP contribution is 2.35. The number of benzene rings is 1. The van der Waals surface area contributed by atoms with Crippen LogP contribution in [0.4, 0.5) is 10.2 Å². The van der Waals surface area contributed by atoms with Gasteiger partial charge in [0.15, 0.2) is 0 Å². The molecule has 1 fully saturated rings. The highest BCUT2D eigenvalue weighted by atomic mass is 35.5. The van der Waals surface area contributed by atoms with Crippen LogP contribution in [0.15, 0.2) is 24.5 Å². The molecule has 0 unspecified atom stereocenters. The van der Waals surface area contributed by atoms with Crippen LogP contribution in [-0.4, -0.2) is 57.6 Å². The molecule has 1 aliphatic heterocycles. The van der Waals surface area contributed by atoms with Gasteiger partial charge >= 0.3 is 0 Å². The van der Waals surface area contributed by atoms with E-state index in [0.29, 0.717) is 37.3 Å². The minimum absolute atomic E-state index is 0.0413. The number of piperazine rings is 1. The summed E-state index contributed by atoms with van der Waals surface area (Å²) in [5.41, 5.74) is 8.49. The van der Waals surface area contributed by atoms with Gasteiger partial charge in [0.1, 0.15) is 18.0 Å². The third-order valence-corrected chi connectivity index (χ3v) is 6.21. The predicted octanol–water partition coefficient (Wildman–Crippen LogP) is 1.86. The molecular formula is C21H25ClFN5O2. The Balaban J connectivity index is 1.42. The third-order valence-electron chi connectivity index (χ3n) is 5.91. The van der Waals surface area contributed by atoms with Crippen molar-refractivity contribution in [1.29, 1.82) is 0 Å².